The van der Waals surface area contributed by atoms with Gasteiger partial charge in [0.05, 0.1) is 37.3 Å². The summed E-state index contributed by atoms with van der Waals surface area (Å²) in [5.74, 6) is 1.93. The van der Waals surface area contributed by atoms with E-state index in [1.165, 1.54) is 0 Å². The lowest BCUT2D eigenvalue weighted by molar-refractivity contribution is 0.122. The van der Waals surface area contributed by atoms with Crippen LogP contribution in [0.25, 0.3) is 51.4 Å². The molecule has 222 valence electrons. The van der Waals surface area contributed by atoms with Crippen LogP contribution in [0, 0.1) is 0 Å². The SMILES string of the molecule is COc1cccc2c(/C=C/c3c(N4CCOCC4)nc(-c4ccccc4)n(-c4ccccc4)c3=O)cc(-c3ccccc3)nc12. The Morgan fingerprint density at radius 2 is 1.42 bits per heavy atom. The summed E-state index contributed by atoms with van der Waals surface area (Å²) in [7, 11) is 1.65. The minimum absolute atomic E-state index is 0.146. The van der Waals surface area contributed by atoms with E-state index in [4.69, 9.17) is 19.4 Å². The molecule has 2 aromatic heterocycles. The Labute approximate surface area is 261 Å². The summed E-state index contributed by atoms with van der Waals surface area (Å²) < 4.78 is 13.1. The van der Waals surface area contributed by atoms with Crippen molar-refractivity contribution in [2.24, 2.45) is 0 Å². The zero-order chi connectivity index (χ0) is 30.6. The summed E-state index contributed by atoms with van der Waals surface area (Å²) >= 11 is 0. The number of morpholine rings is 1. The number of hydrogen-bond donors (Lipinski definition) is 0. The molecule has 6 aromatic rings. The average molecular weight is 593 g/mol. The predicted octanol–water partition coefficient (Wildman–Crippen LogP) is 7.13. The average Bonchev–Trinajstić information content (AvgIpc) is 3.11. The van der Waals surface area contributed by atoms with Crippen LogP contribution in [0.4, 0.5) is 5.82 Å². The van der Waals surface area contributed by atoms with E-state index in [0.717, 1.165) is 39.0 Å². The minimum Gasteiger partial charge on any atom is -0.494 e. The molecule has 1 fully saturated rings. The van der Waals surface area contributed by atoms with Crippen molar-refractivity contribution >= 4 is 28.9 Å². The molecule has 45 heavy (non-hydrogen) atoms. The van der Waals surface area contributed by atoms with Gasteiger partial charge < -0.3 is 14.4 Å². The summed E-state index contributed by atoms with van der Waals surface area (Å²) in [5, 5.41) is 0.926. The van der Waals surface area contributed by atoms with Crippen LogP contribution in [-0.4, -0.2) is 47.9 Å². The molecule has 0 bridgehead atoms. The van der Waals surface area contributed by atoms with Crippen molar-refractivity contribution in [2.45, 2.75) is 0 Å². The van der Waals surface area contributed by atoms with Gasteiger partial charge in [0.25, 0.3) is 5.56 Å². The van der Waals surface area contributed by atoms with Gasteiger partial charge in [-0.25, -0.2) is 9.97 Å². The highest BCUT2D eigenvalue weighted by atomic mass is 16.5. The van der Waals surface area contributed by atoms with Crippen LogP contribution >= 0.6 is 0 Å². The number of fused-ring (bicyclic) bond motifs is 1. The third kappa shape index (κ3) is 5.61. The number of aromatic nitrogens is 3. The summed E-state index contributed by atoms with van der Waals surface area (Å²) in [4.78, 5) is 27.0. The number of para-hydroxylation sites is 2. The van der Waals surface area contributed by atoms with Crippen molar-refractivity contribution in [2.75, 3.05) is 38.3 Å². The highest BCUT2D eigenvalue weighted by molar-refractivity contribution is 5.96. The molecule has 0 unspecified atom stereocenters. The van der Waals surface area contributed by atoms with E-state index in [-0.39, 0.29) is 5.56 Å². The van der Waals surface area contributed by atoms with Gasteiger partial charge in [-0.15, -0.1) is 0 Å². The van der Waals surface area contributed by atoms with Gasteiger partial charge in [-0.3, -0.25) is 9.36 Å². The quantitative estimate of drug-likeness (QED) is 0.196. The second-order valence-electron chi connectivity index (χ2n) is 10.8. The van der Waals surface area contributed by atoms with Crippen LogP contribution in [0.2, 0.25) is 0 Å². The van der Waals surface area contributed by atoms with Crippen LogP contribution in [-0.2, 0) is 4.74 Å². The molecule has 0 amide bonds. The Balaban J connectivity index is 1.47. The lowest BCUT2D eigenvalue weighted by Gasteiger charge is -2.30. The van der Waals surface area contributed by atoms with Crippen LogP contribution < -0.4 is 15.2 Å². The first-order valence-corrected chi connectivity index (χ1v) is 15.0. The van der Waals surface area contributed by atoms with Crippen LogP contribution in [0.1, 0.15) is 11.1 Å². The maximum absolute atomic E-state index is 14.7. The fourth-order valence-electron chi connectivity index (χ4n) is 5.76. The molecule has 0 spiro atoms. The lowest BCUT2D eigenvalue weighted by Crippen LogP contribution is -2.39. The van der Waals surface area contributed by atoms with Gasteiger partial charge in [-0.05, 0) is 35.9 Å². The van der Waals surface area contributed by atoms with Gasteiger partial charge in [-0.1, -0.05) is 97.1 Å². The van der Waals surface area contributed by atoms with Crippen molar-refractivity contribution in [1.82, 2.24) is 14.5 Å². The molecule has 0 saturated carbocycles. The number of pyridine rings is 1. The van der Waals surface area contributed by atoms with Gasteiger partial charge in [0.1, 0.15) is 22.9 Å². The predicted molar refractivity (Wildman–Crippen MR) is 181 cm³/mol. The van der Waals surface area contributed by atoms with Gasteiger partial charge in [-0.2, -0.15) is 0 Å². The second-order valence-corrected chi connectivity index (χ2v) is 10.8. The van der Waals surface area contributed by atoms with E-state index < -0.39 is 0 Å². The molecular formula is C38H32N4O3. The Morgan fingerprint density at radius 3 is 2.11 bits per heavy atom. The Kier molecular flexibility index (Phi) is 7.91. The topological polar surface area (TPSA) is 69.5 Å². The Bertz CT molecular complexity index is 2040. The Hall–Kier alpha value is -5.53. The van der Waals surface area contributed by atoms with Crippen LogP contribution in [0.5, 0.6) is 5.75 Å². The van der Waals surface area contributed by atoms with Gasteiger partial charge >= 0.3 is 0 Å². The van der Waals surface area contributed by atoms with Crippen LogP contribution in [0.15, 0.2) is 120 Å². The van der Waals surface area contributed by atoms with E-state index >= 15 is 0 Å². The molecule has 0 N–H and O–H groups in total. The summed E-state index contributed by atoms with van der Waals surface area (Å²) in [6, 6.07) is 37.6. The lowest BCUT2D eigenvalue weighted by atomic mass is 10.0. The molecule has 1 saturated heterocycles. The van der Waals surface area contributed by atoms with E-state index in [1.807, 2.05) is 121 Å². The third-order valence-electron chi connectivity index (χ3n) is 8.01. The molecule has 0 aliphatic carbocycles. The number of anilines is 1. The van der Waals surface area contributed by atoms with Crippen LogP contribution in [0.3, 0.4) is 0 Å². The molecule has 4 aromatic carbocycles. The highest BCUT2D eigenvalue weighted by Gasteiger charge is 2.23. The molecule has 7 nitrogen and oxygen atoms in total. The number of nitrogens with zero attached hydrogens (tertiary/aromatic N) is 4. The van der Waals surface area contributed by atoms with Crippen molar-refractivity contribution in [3.8, 4) is 34.1 Å². The normalized spacial score (nSPS) is 13.4. The largest absolute Gasteiger partial charge is 0.494 e. The Morgan fingerprint density at radius 1 is 0.756 bits per heavy atom. The fraction of sp³-hybridized carbons (Fsp3) is 0.132. The van der Waals surface area contributed by atoms with Crippen molar-refractivity contribution in [3.05, 3.63) is 137 Å². The number of hydrogen-bond acceptors (Lipinski definition) is 6. The minimum atomic E-state index is -0.146. The highest BCUT2D eigenvalue weighted by Crippen LogP contribution is 2.32. The summed E-state index contributed by atoms with van der Waals surface area (Å²) in [6.07, 6.45) is 3.90. The van der Waals surface area contributed by atoms with Gasteiger partial charge in [0.15, 0.2) is 0 Å². The van der Waals surface area contributed by atoms with Gasteiger partial charge in [0.2, 0.25) is 0 Å². The molecule has 3 heterocycles. The maximum atomic E-state index is 14.7. The maximum Gasteiger partial charge on any atom is 0.267 e. The number of ether oxygens (including phenoxy) is 2. The first-order chi connectivity index (χ1) is 22.2. The monoisotopic (exact) mass is 592 g/mol. The molecular weight excluding hydrogens is 560 g/mol. The molecule has 7 rings (SSSR count). The molecule has 0 radical (unpaired) electrons. The summed E-state index contributed by atoms with van der Waals surface area (Å²) in [5.41, 5.74) is 5.47. The zero-order valence-electron chi connectivity index (χ0n) is 25.0. The number of benzene rings is 4. The number of methoxy groups -OCH3 is 1. The first-order valence-electron chi connectivity index (χ1n) is 15.0. The number of rotatable bonds is 7. The van der Waals surface area contributed by atoms with Gasteiger partial charge in [0, 0.05) is 29.6 Å². The molecule has 7 heteroatoms. The first kappa shape index (κ1) is 28.3. The van der Waals surface area contributed by atoms with E-state index in [0.29, 0.717) is 49.3 Å². The smallest absolute Gasteiger partial charge is 0.267 e. The fourth-order valence-corrected chi connectivity index (χ4v) is 5.76. The van der Waals surface area contributed by atoms with Crippen molar-refractivity contribution in [1.29, 1.82) is 0 Å². The second kappa shape index (κ2) is 12.6. The van der Waals surface area contributed by atoms with Crippen molar-refractivity contribution < 1.29 is 9.47 Å². The van der Waals surface area contributed by atoms with E-state index in [1.54, 1.807) is 11.7 Å². The summed E-state index contributed by atoms with van der Waals surface area (Å²) in [6.45, 7) is 2.43. The standard InChI is InChI=1S/C38H32N4O3/c1-44-34-19-11-18-31-29(26-33(39-35(31)34)27-12-5-2-6-13-27)20-21-32-37(41-22-24-45-25-23-41)40-36(28-14-7-3-8-15-28)42(38(32)43)30-16-9-4-10-17-30/h2-21,26H,22-25H2,1H3/b21-20+. The van der Waals surface area contributed by atoms with E-state index in [2.05, 4.69) is 11.0 Å². The third-order valence-corrected chi connectivity index (χ3v) is 8.01. The molecule has 1 aliphatic heterocycles. The van der Waals surface area contributed by atoms with Crippen molar-refractivity contribution in [3.63, 3.8) is 0 Å². The van der Waals surface area contributed by atoms with E-state index in [9.17, 15) is 4.79 Å². The zero-order valence-corrected chi connectivity index (χ0v) is 25.0. The molecule has 0 atom stereocenters. The molecule has 1 aliphatic rings.